The first-order chi connectivity index (χ1) is 18.6. The maximum absolute atomic E-state index is 12.3. The Morgan fingerprint density at radius 3 is 1.79 bits per heavy atom. The molecule has 2 aromatic carbocycles. The second-order valence-electron chi connectivity index (χ2n) is 9.72. The van der Waals surface area contributed by atoms with Crippen LogP contribution in [0.3, 0.4) is 0 Å². The van der Waals surface area contributed by atoms with Crippen LogP contribution in [0.1, 0.15) is 113 Å². The molecule has 5 heteroatoms. The first-order valence-corrected chi connectivity index (χ1v) is 14.5. The van der Waals surface area contributed by atoms with E-state index in [0.717, 1.165) is 30.6 Å². The largest absolute Gasteiger partial charge is 0.494 e. The molecule has 0 atom stereocenters. The van der Waals surface area contributed by atoms with Gasteiger partial charge in [0.15, 0.2) is 0 Å². The Kier molecular flexibility index (Phi) is 16.4. The average Bonchev–Trinajstić information content (AvgIpc) is 2.94. The molecule has 5 nitrogen and oxygen atoms in total. The Morgan fingerprint density at radius 2 is 1.16 bits per heavy atom. The van der Waals surface area contributed by atoms with Gasteiger partial charge in [-0.2, -0.15) is 0 Å². The third kappa shape index (κ3) is 14.0. The van der Waals surface area contributed by atoms with Crippen LogP contribution in [0, 0.1) is 0 Å². The molecule has 2 aromatic rings. The molecule has 0 radical (unpaired) electrons. The van der Waals surface area contributed by atoms with Crippen molar-refractivity contribution in [3.63, 3.8) is 0 Å². The van der Waals surface area contributed by atoms with Crippen molar-refractivity contribution in [2.45, 2.75) is 97.3 Å². The Morgan fingerprint density at radius 1 is 0.632 bits per heavy atom. The molecular weight excluding hydrogens is 476 g/mol. The number of hydrogen-bond donors (Lipinski definition) is 0. The Labute approximate surface area is 229 Å². The highest BCUT2D eigenvalue weighted by atomic mass is 16.5. The molecule has 208 valence electrons. The molecule has 0 saturated heterocycles. The number of esters is 2. The van der Waals surface area contributed by atoms with Crippen LogP contribution in [0.25, 0.3) is 6.08 Å². The van der Waals surface area contributed by atoms with Crippen molar-refractivity contribution in [1.82, 2.24) is 0 Å². The van der Waals surface area contributed by atoms with Crippen molar-refractivity contribution < 1.29 is 23.8 Å². The Bertz CT molecular complexity index is 931. The van der Waals surface area contributed by atoms with Gasteiger partial charge in [0, 0.05) is 6.08 Å². The number of unbranched alkanes of at least 4 members (excludes halogenated alkanes) is 11. The zero-order valence-electron chi connectivity index (χ0n) is 23.4. The number of rotatable bonds is 20. The highest BCUT2D eigenvalue weighted by Gasteiger charge is 2.07. The van der Waals surface area contributed by atoms with Crippen LogP contribution in [0.15, 0.2) is 54.6 Å². The zero-order chi connectivity index (χ0) is 27.3. The summed E-state index contributed by atoms with van der Waals surface area (Å²) in [5.41, 5.74) is 1.30. The molecule has 38 heavy (non-hydrogen) atoms. The molecule has 0 spiro atoms. The van der Waals surface area contributed by atoms with Gasteiger partial charge in [-0.15, -0.1) is 0 Å². The molecular formula is C33H46O5. The van der Waals surface area contributed by atoms with E-state index < -0.39 is 5.97 Å². The van der Waals surface area contributed by atoms with Gasteiger partial charge in [0.05, 0.1) is 18.8 Å². The maximum Gasteiger partial charge on any atom is 0.338 e. The van der Waals surface area contributed by atoms with Crippen molar-refractivity contribution in [2.75, 3.05) is 13.2 Å². The number of ether oxygens (including phenoxy) is 3. The van der Waals surface area contributed by atoms with E-state index in [0.29, 0.717) is 24.5 Å². The molecule has 0 unspecified atom stereocenters. The van der Waals surface area contributed by atoms with Crippen LogP contribution < -0.4 is 9.47 Å². The summed E-state index contributed by atoms with van der Waals surface area (Å²) in [7, 11) is 0. The normalized spacial score (nSPS) is 11.0. The number of carbonyl (C=O) groups excluding carboxylic acids is 2. The van der Waals surface area contributed by atoms with Gasteiger partial charge in [-0.1, -0.05) is 96.6 Å². The monoisotopic (exact) mass is 522 g/mol. The summed E-state index contributed by atoms with van der Waals surface area (Å²) in [5, 5.41) is 0. The predicted octanol–water partition coefficient (Wildman–Crippen LogP) is 8.95. The minimum absolute atomic E-state index is 0.312. The van der Waals surface area contributed by atoms with Crippen LogP contribution in [0.2, 0.25) is 0 Å². The van der Waals surface area contributed by atoms with Gasteiger partial charge in [-0.3, -0.25) is 0 Å². The van der Waals surface area contributed by atoms with Crippen molar-refractivity contribution in [3.05, 3.63) is 65.7 Å². The van der Waals surface area contributed by atoms with Gasteiger partial charge >= 0.3 is 11.9 Å². The van der Waals surface area contributed by atoms with Crippen molar-refractivity contribution in [2.24, 2.45) is 0 Å². The maximum atomic E-state index is 12.3. The average molecular weight is 523 g/mol. The van der Waals surface area contributed by atoms with Crippen LogP contribution in [-0.2, 0) is 9.53 Å². The highest BCUT2D eigenvalue weighted by Crippen LogP contribution is 2.18. The molecule has 0 saturated carbocycles. The van der Waals surface area contributed by atoms with E-state index in [1.54, 1.807) is 54.6 Å². The van der Waals surface area contributed by atoms with E-state index in [9.17, 15) is 9.59 Å². The number of hydrogen-bond acceptors (Lipinski definition) is 5. The zero-order valence-corrected chi connectivity index (χ0v) is 23.4. The van der Waals surface area contributed by atoms with Crippen molar-refractivity contribution in [1.29, 1.82) is 0 Å². The molecule has 0 aliphatic heterocycles. The van der Waals surface area contributed by atoms with Gasteiger partial charge < -0.3 is 14.2 Å². The molecule has 0 heterocycles. The van der Waals surface area contributed by atoms with Gasteiger partial charge in [-0.05, 0) is 60.9 Å². The van der Waals surface area contributed by atoms with Crippen molar-refractivity contribution >= 4 is 18.0 Å². The van der Waals surface area contributed by atoms with Crippen molar-refractivity contribution in [3.8, 4) is 11.5 Å². The second-order valence-corrected chi connectivity index (χ2v) is 9.72. The van der Waals surface area contributed by atoms with Crippen LogP contribution in [0.4, 0.5) is 0 Å². The fourth-order valence-corrected chi connectivity index (χ4v) is 4.03. The van der Waals surface area contributed by atoms with Gasteiger partial charge in [0.2, 0.25) is 0 Å². The van der Waals surface area contributed by atoms with E-state index in [-0.39, 0.29) is 5.97 Å². The van der Waals surface area contributed by atoms with Crippen LogP contribution in [0.5, 0.6) is 11.5 Å². The standard InChI is InChI=1S/C33H46O5/c1-3-5-7-9-10-11-12-13-15-27-37-33(35)29-19-16-28(17-20-29)18-25-32(34)38-31-23-21-30(22-24-31)36-26-14-8-6-4-2/h16-25H,3-15,26-27H2,1-2H3. The molecule has 0 N–H and O–H groups in total. The van der Waals surface area contributed by atoms with Gasteiger partial charge in [-0.25, -0.2) is 9.59 Å². The van der Waals surface area contributed by atoms with Crippen LogP contribution >= 0.6 is 0 Å². The topological polar surface area (TPSA) is 61.8 Å². The van der Waals surface area contributed by atoms with E-state index >= 15 is 0 Å². The van der Waals surface area contributed by atoms with E-state index in [4.69, 9.17) is 14.2 Å². The minimum Gasteiger partial charge on any atom is -0.494 e. The highest BCUT2D eigenvalue weighted by molar-refractivity contribution is 5.91. The summed E-state index contributed by atoms with van der Waals surface area (Å²) < 4.78 is 16.5. The number of carbonyl (C=O) groups is 2. The third-order valence-electron chi connectivity index (χ3n) is 6.35. The minimum atomic E-state index is -0.470. The van der Waals surface area contributed by atoms with Crippen LogP contribution in [-0.4, -0.2) is 25.2 Å². The fourth-order valence-electron chi connectivity index (χ4n) is 4.03. The fraction of sp³-hybridized carbons (Fsp3) is 0.515. The second kappa shape index (κ2) is 20.0. The molecule has 0 aliphatic carbocycles. The quantitative estimate of drug-likeness (QED) is 0.0751. The van der Waals surface area contributed by atoms with Gasteiger partial charge in [0.25, 0.3) is 0 Å². The predicted molar refractivity (Wildman–Crippen MR) is 155 cm³/mol. The molecule has 2 rings (SSSR count). The SMILES string of the molecule is CCCCCCCCCCCOC(=O)c1ccc(C=CC(=O)Oc2ccc(OCCCCCC)cc2)cc1. The lowest BCUT2D eigenvalue weighted by Gasteiger charge is -2.07. The van der Waals surface area contributed by atoms with Gasteiger partial charge in [0.1, 0.15) is 11.5 Å². The summed E-state index contributed by atoms with van der Waals surface area (Å²) in [6.45, 7) is 5.57. The summed E-state index contributed by atoms with van der Waals surface area (Å²) in [4.78, 5) is 24.4. The summed E-state index contributed by atoms with van der Waals surface area (Å²) in [6.07, 6.45) is 18.7. The molecule has 0 amide bonds. The summed E-state index contributed by atoms with van der Waals surface area (Å²) >= 11 is 0. The lowest BCUT2D eigenvalue weighted by atomic mass is 10.1. The summed E-state index contributed by atoms with van der Waals surface area (Å²) in [5.74, 6) is 0.447. The van der Waals surface area contributed by atoms with E-state index in [2.05, 4.69) is 13.8 Å². The third-order valence-corrected chi connectivity index (χ3v) is 6.35. The molecule has 0 bridgehead atoms. The first-order valence-electron chi connectivity index (χ1n) is 14.5. The van der Waals surface area contributed by atoms with E-state index in [1.165, 1.54) is 70.3 Å². The lowest BCUT2D eigenvalue weighted by molar-refractivity contribution is -0.128. The first kappa shape index (κ1) is 31.1. The lowest BCUT2D eigenvalue weighted by Crippen LogP contribution is -2.06. The molecule has 0 fully saturated rings. The molecule has 0 aliphatic rings. The van der Waals surface area contributed by atoms with E-state index in [1.807, 2.05) is 0 Å². The Hall–Kier alpha value is -3.08. The Balaban J connectivity index is 1.63. The number of benzene rings is 2. The molecule has 0 aromatic heterocycles. The summed E-state index contributed by atoms with van der Waals surface area (Å²) in [6, 6.07) is 14.1. The smallest absolute Gasteiger partial charge is 0.338 e.